The van der Waals surface area contributed by atoms with E-state index in [1.165, 1.54) is 49.8 Å². The maximum Gasteiger partial charge on any atom is 0.387 e. The maximum absolute atomic E-state index is 13.5. The molecule has 1 aromatic heterocycles. The molecule has 1 fully saturated rings. The van der Waals surface area contributed by atoms with E-state index in [0.717, 1.165) is 4.31 Å². The van der Waals surface area contributed by atoms with E-state index in [4.69, 9.17) is 32.7 Å². The molecule has 208 valence electrons. The number of ether oxygens (including phenoxy) is 3. The molecule has 1 saturated heterocycles. The fourth-order valence-electron chi connectivity index (χ4n) is 4.33. The number of nitrogens with zero attached hydrogens (tertiary/aromatic N) is 2. The van der Waals surface area contributed by atoms with Gasteiger partial charge in [0.05, 0.1) is 22.1 Å². The van der Waals surface area contributed by atoms with Crippen molar-refractivity contribution in [3.8, 4) is 11.5 Å². The van der Waals surface area contributed by atoms with Crippen LogP contribution >= 0.6 is 23.2 Å². The van der Waals surface area contributed by atoms with Crippen molar-refractivity contribution in [3.05, 3.63) is 82.1 Å². The first-order valence-electron chi connectivity index (χ1n) is 11.8. The molecule has 3 aromatic rings. The minimum Gasteiger partial charge on any atom is -0.493 e. The second-order valence-corrected chi connectivity index (χ2v) is 11.3. The molecule has 0 amide bonds. The molecule has 8 nitrogen and oxygen atoms in total. The topological polar surface area (TPSA) is 95.0 Å². The van der Waals surface area contributed by atoms with E-state index in [9.17, 15) is 22.0 Å². The summed E-state index contributed by atoms with van der Waals surface area (Å²) in [6.07, 6.45) is 2.44. The normalized spacial score (nSPS) is 16.7. The molecule has 2 aromatic carbocycles. The van der Waals surface area contributed by atoms with Crippen molar-refractivity contribution >= 4 is 39.2 Å². The summed E-state index contributed by atoms with van der Waals surface area (Å²) in [7, 11) is -2.68. The highest BCUT2D eigenvalue weighted by Gasteiger charge is 2.41. The van der Waals surface area contributed by atoms with Gasteiger partial charge in [-0.1, -0.05) is 47.5 Å². The lowest BCUT2D eigenvalue weighted by Gasteiger charge is -2.26. The summed E-state index contributed by atoms with van der Waals surface area (Å²) in [5.74, 6) is -1.00. The zero-order valence-electron chi connectivity index (χ0n) is 20.6. The molecule has 1 aliphatic heterocycles. The summed E-state index contributed by atoms with van der Waals surface area (Å²) in [4.78, 5) is 17.5. The van der Waals surface area contributed by atoms with Gasteiger partial charge in [0, 0.05) is 25.4 Å². The number of hydrogen-bond donors (Lipinski definition) is 0. The van der Waals surface area contributed by atoms with Crippen LogP contribution in [0.1, 0.15) is 30.1 Å². The lowest BCUT2D eigenvalue weighted by molar-refractivity contribution is -0.153. The molecule has 0 saturated carbocycles. The summed E-state index contributed by atoms with van der Waals surface area (Å²) in [6, 6.07) is 10.8. The number of esters is 1. The molecule has 0 spiro atoms. The van der Waals surface area contributed by atoms with Crippen LogP contribution in [-0.4, -0.2) is 50.0 Å². The second-order valence-electron chi connectivity index (χ2n) is 8.59. The van der Waals surface area contributed by atoms with Gasteiger partial charge < -0.3 is 14.2 Å². The zero-order chi connectivity index (χ0) is 28.2. The van der Waals surface area contributed by atoms with Crippen molar-refractivity contribution in [3.63, 3.8) is 0 Å². The number of aromatic nitrogens is 1. The number of pyridine rings is 1. The van der Waals surface area contributed by atoms with E-state index in [1.54, 1.807) is 18.2 Å². The second kappa shape index (κ2) is 12.5. The van der Waals surface area contributed by atoms with E-state index >= 15 is 0 Å². The van der Waals surface area contributed by atoms with Gasteiger partial charge in [0.1, 0.15) is 12.1 Å². The Labute approximate surface area is 234 Å². The molecular formula is C26H24Cl2F2N2O6S. The predicted molar refractivity (Wildman–Crippen MR) is 140 cm³/mol. The van der Waals surface area contributed by atoms with Crippen molar-refractivity contribution in [1.29, 1.82) is 0 Å². The third kappa shape index (κ3) is 6.60. The highest BCUT2D eigenvalue weighted by atomic mass is 35.5. The van der Waals surface area contributed by atoms with Crippen LogP contribution < -0.4 is 9.47 Å². The SMILES string of the molecule is COc1cc([C@H](Cc2c(Cl)cncc2Cl)OC(=O)[C@@H]2CCCN2S(=O)(=O)c2ccccc2)ccc1OC(F)F. The number of carbonyl (C=O) groups is 1. The molecular weight excluding hydrogens is 577 g/mol. The van der Waals surface area contributed by atoms with Crippen LogP contribution in [0, 0.1) is 0 Å². The summed E-state index contributed by atoms with van der Waals surface area (Å²) in [6.45, 7) is -2.93. The average Bonchev–Trinajstić information content (AvgIpc) is 3.42. The Bertz CT molecular complexity index is 1410. The lowest BCUT2D eigenvalue weighted by Crippen LogP contribution is -2.41. The first kappa shape index (κ1) is 29.0. The van der Waals surface area contributed by atoms with Gasteiger partial charge in [-0.2, -0.15) is 13.1 Å². The van der Waals surface area contributed by atoms with Gasteiger partial charge in [0.25, 0.3) is 0 Å². The first-order chi connectivity index (χ1) is 18.6. The van der Waals surface area contributed by atoms with Gasteiger partial charge in [-0.3, -0.25) is 9.78 Å². The Morgan fingerprint density at radius 2 is 1.79 bits per heavy atom. The standard InChI is InChI=1S/C26H24Cl2F2N2O6S/c1-36-24-12-16(9-10-22(24)38-26(29)30)23(13-18-19(27)14-31-15-20(18)28)37-25(33)21-8-5-11-32(21)39(34,35)17-6-3-2-4-7-17/h2-4,6-7,9-10,12,14-15,21,23,26H,5,8,11,13H2,1H3/t21-,23-/m0/s1. The third-order valence-electron chi connectivity index (χ3n) is 6.20. The molecule has 0 unspecified atom stereocenters. The lowest BCUT2D eigenvalue weighted by atomic mass is 10.0. The first-order valence-corrected chi connectivity index (χ1v) is 14.0. The molecule has 39 heavy (non-hydrogen) atoms. The number of rotatable bonds is 10. The molecule has 0 bridgehead atoms. The van der Waals surface area contributed by atoms with Crippen LogP contribution in [0.15, 0.2) is 65.8 Å². The smallest absolute Gasteiger partial charge is 0.387 e. The molecule has 0 N–H and O–H groups in total. The molecule has 2 heterocycles. The van der Waals surface area contributed by atoms with Gasteiger partial charge >= 0.3 is 12.6 Å². The predicted octanol–water partition coefficient (Wildman–Crippen LogP) is 5.68. The molecule has 4 rings (SSSR count). The quantitative estimate of drug-likeness (QED) is 0.276. The summed E-state index contributed by atoms with van der Waals surface area (Å²) in [5.41, 5.74) is 0.791. The Morgan fingerprint density at radius 3 is 2.44 bits per heavy atom. The number of halogens is 4. The zero-order valence-corrected chi connectivity index (χ0v) is 22.9. The molecule has 0 aliphatic carbocycles. The Balaban J connectivity index is 1.67. The molecule has 1 aliphatic rings. The van der Waals surface area contributed by atoms with Crippen molar-refractivity contribution in [2.75, 3.05) is 13.7 Å². The van der Waals surface area contributed by atoms with Gasteiger partial charge in [-0.25, -0.2) is 8.42 Å². The van der Waals surface area contributed by atoms with Crippen LogP contribution in [0.25, 0.3) is 0 Å². The van der Waals surface area contributed by atoms with Gasteiger partial charge in [0.2, 0.25) is 10.0 Å². The van der Waals surface area contributed by atoms with Crippen molar-refractivity contribution in [2.24, 2.45) is 0 Å². The number of methoxy groups -OCH3 is 1. The Morgan fingerprint density at radius 1 is 1.10 bits per heavy atom. The number of benzene rings is 2. The number of alkyl halides is 2. The number of hydrogen-bond acceptors (Lipinski definition) is 7. The van der Waals surface area contributed by atoms with Gasteiger partial charge in [-0.15, -0.1) is 0 Å². The largest absolute Gasteiger partial charge is 0.493 e. The summed E-state index contributed by atoms with van der Waals surface area (Å²) in [5, 5.41) is 0.449. The minimum absolute atomic E-state index is 0.0116. The van der Waals surface area contributed by atoms with E-state index in [-0.39, 0.29) is 45.8 Å². The third-order valence-corrected chi connectivity index (χ3v) is 8.78. The maximum atomic E-state index is 13.5. The van der Waals surface area contributed by atoms with Gasteiger partial charge in [-0.05, 0) is 48.2 Å². The van der Waals surface area contributed by atoms with Crippen molar-refractivity contribution in [1.82, 2.24) is 9.29 Å². The summed E-state index contributed by atoms with van der Waals surface area (Å²) >= 11 is 12.6. The van der Waals surface area contributed by atoms with Gasteiger partial charge in [0.15, 0.2) is 11.5 Å². The summed E-state index contributed by atoms with van der Waals surface area (Å²) < 4.78 is 68.9. The van der Waals surface area contributed by atoms with E-state index in [0.29, 0.717) is 17.5 Å². The Kier molecular flexibility index (Phi) is 9.27. The van der Waals surface area contributed by atoms with E-state index in [2.05, 4.69) is 9.72 Å². The van der Waals surface area contributed by atoms with E-state index in [1.807, 2.05) is 0 Å². The van der Waals surface area contributed by atoms with Crippen molar-refractivity contribution in [2.45, 2.75) is 42.9 Å². The molecule has 2 atom stereocenters. The van der Waals surface area contributed by atoms with Crippen LogP contribution in [0.5, 0.6) is 11.5 Å². The fraction of sp³-hybridized carbons (Fsp3) is 0.308. The fourth-order valence-corrected chi connectivity index (χ4v) is 6.52. The molecule has 13 heteroatoms. The Hall–Kier alpha value is -2.99. The monoisotopic (exact) mass is 600 g/mol. The minimum atomic E-state index is -3.96. The van der Waals surface area contributed by atoms with Crippen LogP contribution in [-0.2, 0) is 26.0 Å². The van der Waals surface area contributed by atoms with Crippen molar-refractivity contribution < 1.29 is 36.2 Å². The molecule has 0 radical (unpaired) electrons. The van der Waals surface area contributed by atoms with Crippen LogP contribution in [0.2, 0.25) is 10.0 Å². The van der Waals surface area contributed by atoms with E-state index < -0.39 is 34.7 Å². The highest BCUT2D eigenvalue weighted by molar-refractivity contribution is 7.89. The number of sulfonamides is 1. The highest BCUT2D eigenvalue weighted by Crippen LogP contribution is 2.37. The van der Waals surface area contributed by atoms with Crippen LogP contribution in [0.4, 0.5) is 8.78 Å². The average molecular weight is 601 g/mol. The van der Waals surface area contributed by atoms with Crippen LogP contribution in [0.3, 0.4) is 0 Å². The number of carbonyl (C=O) groups excluding carboxylic acids is 1.